The van der Waals surface area contributed by atoms with Crippen molar-refractivity contribution in [2.45, 2.75) is 0 Å². The molecular formula is C24H16O2. The highest BCUT2D eigenvalue weighted by Gasteiger charge is 2.11. The standard InChI is InChI=1S/C24H16O2/c25-19-6-3-5-18(15-19)16-11-13-17(14-12-16)20-8-4-9-22-21-7-1-2-10-23(21)26-24(20)22/h1-15,25H. The maximum Gasteiger partial charge on any atom is 0.143 e. The summed E-state index contributed by atoms with van der Waals surface area (Å²) in [4.78, 5) is 0. The number of para-hydroxylation sites is 2. The molecule has 1 heterocycles. The largest absolute Gasteiger partial charge is 0.508 e. The molecule has 0 aliphatic carbocycles. The summed E-state index contributed by atoms with van der Waals surface area (Å²) in [5.41, 5.74) is 6.09. The topological polar surface area (TPSA) is 33.4 Å². The third kappa shape index (κ3) is 2.35. The van der Waals surface area contributed by atoms with E-state index in [-0.39, 0.29) is 5.75 Å². The summed E-state index contributed by atoms with van der Waals surface area (Å²) in [5, 5.41) is 12.0. The molecule has 0 spiro atoms. The van der Waals surface area contributed by atoms with Crippen LogP contribution in [-0.2, 0) is 0 Å². The molecule has 0 saturated heterocycles. The molecular weight excluding hydrogens is 320 g/mol. The van der Waals surface area contributed by atoms with Crippen LogP contribution in [0.25, 0.3) is 44.2 Å². The summed E-state index contributed by atoms with van der Waals surface area (Å²) in [6.07, 6.45) is 0. The van der Waals surface area contributed by atoms with Gasteiger partial charge in [-0.25, -0.2) is 0 Å². The zero-order valence-electron chi connectivity index (χ0n) is 14.0. The van der Waals surface area contributed by atoms with Crippen molar-refractivity contribution < 1.29 is 9.52 Å². The first-order valence-electron chi connectivity index (χ1n) is 8.60. The first-order chi connectivity index (χ1) is 12.8. The van der Waals surface area contributed by atoms with Crippen molar-refractivity contribution in [3.63, 3.8) is 0 Å². The zero-order valence-corrected chi connectivity index (χ0v) is 14.0. The second-order valence-electron chi connectivity index (χ2n) is 6.41. The van der Waals surface area contributed by atoms with Gasteiger partial charge in [0.25, 0.3) is 0 Å². The molecule has 0 aliphatic rings. The number of hydrogen-bond donors (Lipinski definition) is 1. The predicted octanol–water partition coefficient (Wildman–Crippen LogP) is 6.63. The summed E-state index contributed by atoms with van der Waals surface area (Å²) in [6, 6.07) is 30.0. The fourth-order valence-electron chi connectivity index (χ4n) is 3.50. The molecule has 5 rings (SSSR count). The molecule has 0 bridgehead atoms. The number of fused-ring (bicyclic) bond motifs is 3. The van der Waals surface area contributed by atoms with Gasteiger partial charge in [0.05, 0.1) is 0 Å². The minimum Gasteiger partial charge on any atom is -0.508 e. The van der Waals surface area contributed by atoms with Crippen LogP contribution in [0.1, 0.15) is 0 Å². The van der Waals surface area contributed by atoms with E-state index in [9.17, 15) is 5.11 Å². The lowest BCUT2D eigenvalue weighted by Crippen LogP contribution is -1.81. The number of aromatic hydroxyl groups is 1. The van der Waals surface area contributed by atoms with Gasteiger partial charge in [0.15, 0.2) is 0 Å². The third-order valence-corrected chi connectivity index (χ3v) is 4.78. The molecule has 2 nitrogen and oxygen atoms in total. The third-order valence-electron chi connectivity index (χ3n) is 4.78. The molecule has 0 radical (unpaired) electrons. The molecule has 26 heavy (non-hydrogen) atoms. The van der Waals surface area contributed by atoms with E-state index in [1.807, 2.05) is 30.3 Å². The van der Waals surface area contributed by atoms with Crippen molar-refractivity contribution >= 4 is 21.9 Å². The summed E-state index contributed by atoms with van der Waals surface area (Å²) in [6.45, 7) is 0. The number of phenolic OH excluding ortho intramolecular Hbond substituents is 1. The Bertz CT molecular complexity index is 1230. The molecule has 0 unspecified atom stereocenters. The van der Waals surface area contributed by atoms with E-state index in [2.05, 4.69) is 48.5 Å². The molecule has 0 atom stereocenters. The highest BCUT2D eigenvalue weighted by molar-refractivity contribution is 6.09. The maximum absolute atomic E-state index is 9.68. The molecule has 0 amide bonds. The Labute approximate surface area is 150 Å². The highest BCUT2D eigenvalue weighted by atomic mass is 16.3. The smallest absolute Gasteiger partial charge is 0.143 e. The first-order valence-corrected chi connectivity index (χ1v) is 8.60. The Kier molecular flexibility index (Phi) is 3.29. The molecule has 0 aliphatic heterocycles. The van der Waals surface area contributed by atoms with Gasteiger partial charge in [0.1, 0.15) is 16.9 Å². The molecule has 2 heteroatoms. The molecule has 4 aromatic carbocycles. The minimum atomic E-state index is 0.276. The van der Waals surface area contributed by atoms with Gasteiger partial charge in [-0.15, -0.1) is 0 Å². The number of benzene rings is 4. The first kappa shape index (κ1) is 14.8. The fraction of sp³-hybridized carbons (Fsp3) is 0. The van der Waals surface area contributed by atoms with Crippen LogP contribution >= 0.6 is 0 Å². The lowest BCUT2D eigenvalue weighted by atomic mass is 9.99. The number of rotatable bonds is 2. The minimum absolute atomic E-state index is 0.276. The summed E-state index contributed by atoms with van der Waals surface area (Å²) >= 11 is 0. The second kappa shape index (κ2) is 5.78. The maximum atomic E-state index is 9.68. The lowest BCUT2D eigenvalue weighted by Gasteiger charge is -2.06. The normalized spacial score (nSPS) is 11.2. The Hall–Kier alpha value is -3.52. The number of hydrogen-bond acceptors (Lipinski definition) is 2. The molecule has 1 aromatic heterocycles. The lowest BCUT2D eigenvalue weighted by molar-refractivity contribution is 0.475. The van der Waals surface area contributed by atoms with Crippen LogP contribution in [0.3, 0.4) is 0 Å². The van der Waals surface area contributed by atoms with Crippen LogP contribution < -0.4 is 0 Å². The Morgan fingerprint density at radius 2 is 1.31 bits per heavy atom. The van der Waals surface area contributed by atoms with Crippen LogP contribution in [0.5, 0.6) is 5.75 Å². The molecule has 0 fully saturated rings. The van der Waals surface area contributed by atoms with Crippen LogP contribution in [0, 0.1) is 0 Å². The van der Waals surface area contributed by atoms with Crippen molar-refractivity contribution in [2.75, 3.05) is 0 Å². The van der Waals surface area contributed by atoms with E-state index in [1.165, 1.54) is 0 Å². The van der Waals surface area contributed by atoms with Crippen molar-refractivity contribution in [2.24, 2.45) is 0 Å². The van der Waals surface area contributed by atoms with Crippen molar-refractivity contribution in [3.8, 4) is 28.0 Å². The summed E-state index contributed by atoms with van der Waals surface area (Å²) in [7, 11) is 0. The van der Waals surface area contributed by atoms with Gasteiger partial charge >= 0.3 is 0 Å². The Morgan fingerprint density at radius 3 is 2.15 bits per heavy atom. The average molecular weight is 336 g/mol. The van der Waals surface area contributed by atoms with Gasteiger partial charge in [0, 0.05) is 16.3 Å². The Morgan fingerprint density at radius 1 is 0.577 bits per heavy atom. The average Bonchev–Trinajstić information content (AvgIpc) is 3.07. The Balaban J connectivity index is 1.64. The van der Waals surface area contributed by atoms with Crippen molar-refractivity contribution in [3.05, 3.63) is 91.0 Å². The summed E-state index contributed by atoms with van der Waals surface area (Å²) < 4.78 is 6.14. The van der Waals surface area contributed by atoms with E-state index in [1.54, 1.807) is 12.1 Å². The fourth-order valence-corrected chi connectivity index (χ4v) is 3.50. The van der Waals surface area contributed by atoms with Gasteiger partial charge < -0.3 is 9.52 Å². The summed E-state index contributed by atoms with van der Waals surface area (Å²) in [5.74, 6) is 0.276. The van der Waals surface area contributed by atoms with E-state index in [0.717, 1.165) is 44.2 Å². The van der Waals surface area contributed by atoms with Gasteiger partial charge in [-0.2, -0.15) is 0 Å². The van der Waals surface area contributed by atoms with Crippen LogP contribution in [0.2, 0.25) is 0 Å². The van der Waals surface area contributed by atoms with E-state index in [4.69, 9.17) is 4.42 Å². The van der Waals surface area contributed by atoms with Crippen molar-refractivity contribution in [1.29, 1.82) is 0 Å². The van der Waals surface area contributed by atoms with Gasteiger partial charge in [-0.1, -0.05) is 72.8 Å². The molecule has 1 N–H and O–H groups in total. The SMILES string of the molecule is Oc1cccc(-c2ccc(-c3cccc4c3oc3ccccc34)cc2)c1. The van der Waals surface area contributed by atoms with E-state index >= 15 is 0 Å². The second-order valence-corrected chi connectivity index (χ2v) is 6.41. The van der Waals surface area contributed by atoms with Gasteiger partial charge in [-0.3, -0.25) is 0 Å². The zero-order chi connectivity index (χ0) is 17.5. The van der Waals surface area contributed by atoms with Gasteiger partial charge in [0.2, 0.25) is 0 Å². The van der Waals surface area contributed by atoms with Crippen molar-refractivity contribution in [1.82, 2.24) is 0 Å². The molecule has 0 saturated carbocycles. The van der Waals surface area contributed by atoms with E-state index in [0.29, 0.717) is 0 Å². The predicted molar refractivity (Wildman–Crippen MR) is 106 cm³/mol. The molecule has 124 valence electrons. The quantitative estimate of drug-likeness (QED) is 0.393. The number of furan rings is 1. The monoisotopic (exact) mass is 336 g/mol. The van der Waals surface area contributed by atoms with Crippen LogP contribution in [-0.4, -0.2) is 5.11 Å². The van der Waals surface area contributed by atoms with Crippen LogP contribution in [0.4, 0.5) is 0 Å². The van der Waals surface area contributed by atoms with Crippen LogP contribution in [0.15, 0.2) is 95.4 Å². The van der Waals surface area contributed by atoms with E-state index < -0.39 is 0 Å². The number of phenols is 1. The highest BCUT2D eigenvalue weighted by Crippen LogP contribution is 2.36. The van der Waals surface area contributed by atoms with Gasteiger partial charge in [-0.05, 0) is 34.9 Å². The molecule has 5 aromatic rings.